The number of urea groups is 1. The Morgan fingerprint density at radius 2 is 2.23 bits per heavy atom. The second kappa shape index (κ2) is 5.45. The van der Waals surface area contributed by atoms with Crippen LogP contribution in [0.1, 0.15) is 56.4 Å². The molecule has 0 radical (unpaired) electrons. The van der Waals surface area contributed by atoms with E-state index in [4.69, 9.17) is 4.74 Å². The molecule has 2 amide bonds. The number of rotatable bonds is 5. The zero-order chi connectivity index (χ0) is 15.2. The highest BCUT2D eigenvalue weighted by Crippen LogP contribution is 2.57. The molecule has 2 N–H and O–H groups in total. The molecule has 4 rings (SSSR count). The van der Waals surface area contributed by atoms with Gasteiger partial charge in [-0.1, -0.05) is 17.8 Å². The van der Waals surface area contributed by atoms with E-state index >= 15 is 0 Å². The highest BCUT2D eigenvalue weighted by Gasteiger charge is 2.59. The number of hydrogen-bond donors (Lipinski definition) is 2. The van der Waals surface area contributed by atoms with Crippen molar-refractivity contribution in [1.29, 1.82) is 0 Å². The van der Waals surface area contributed by atoms with Gasteiger partial charge in [-0.05, 0) is 39.0 Å². The van der Waals surface area contributed by atoms with Crippen LogP contribution in [0.25, 0.3) is 0 Å². The highest BCUT2D eigenvalue weighted by atomic mass is 32.1. The van der Waals surface area contributed by atoms with Crippen LogP contribution < -0.4 is 10.6 Å². The maximum Gasteiger partial charge on any atom is 0.321 e. The minimum Gasteiger partial charge on any atom is -0.378 e. The number of aromatic nitrogens is 2. The standard InChI is InChI=1S/C15H22N4O2S/c1-2-21-11-8-10(15(11)6-3-7-15)16-13(20)17-14-19-18-12(22-14)9-4-5-9/h9-11H,2-8H2,1H3,(H2,16,17,19,20)/t10-,11-/m0/s1. The lowest BCUT2D eigenvalue weighted by atomic mass is 9.51. The van der Waals surface area contributed by atoms with Gasteiger partial charge >= 0.3 is 6.03 Å². The van der Waals surface area contributed by atoms with Crippen LogP contribution in [0.15, 0.2) is 0 Å². The molecule has 0 aliphatic heterocycles. The molecule has 22 heavy (non-hydrogen) atoms. The van der Waals surface area contributed by atoms with E-state index in [1.165, 1.54) is 30.6 Å². The molecule has 0 unspecified atom stereocenters. The van der Waals surface area contributed by atoms with Crippen LogP contribution in [0.3, 0.4) is 0 Å². The van der Waals surface area contributed by atoms with Crippen LogP contribution in [-0.4, -0.2) is 35.0 Å². The van der Waals surface area contributed by atoms with Crippen LogP contribution in [0.5, 0.6) is 0 Å². The smallest absolute Gasteiger partial charge is 0.321 e. The Morgan fingerprint density at radius 1 is 1.41 bits per heavy atom. The molecule has 3 aliphatic rings. The van der Waals surface area contributed by atoms with Gasteiger partial charge in [0, 0.05) is 24.0 Å². The molecule has 3 aliphatic carbocycles. The van der Waals surface area contributed by atoms with E-state index in [1.807, 2.05) is 6.92 Å². The maximum absolute atomic E-state index is 12.2. The summed E-state index contributed by atoms with van der Waals surface area (Å²) >= 11 is 1.49. The number of ether oxygens (including phenoxy) is 1. The molecule has 1 heterocycles. The first-order valence-corrected chi connectivity index (χ1v) is 9.05. The Hall–Kier alpha value is -1.21. The number of amides is 2. The van der Waals surface area contributed by atoms with Gasteiger partial charge in [0.15, 0.2) is 0 Å². The molecule has 7 heteroatoms. The SMILES string of the molecule is CCO[C@H]1C[C@H](NC(=O)Nc2nnc(C3CC3)s2)C12CCC2. The minimum absolute atomic E-state index is 0.162. The third kappa shape index (κ3) is 2.40. The van der Waals surface area contributed by atoms with Gasteiger partial charge in [0.05, 0.1) is 6.10 Å². The van der Waals surface area contributed by atoms with E-state index < -0.39 is 0 Å². The summed E-state index contributed by atoms with van der Waals surface area (Å²) in [6.07, 6.45) is 7.20. The summed E-state index contributed by atoms with van der Waals surface area (Å²) < 4.78 is 5.81. The average Bonchev–Trinajstić information content (AvgIpc) is 3.17. The molecular weight excluding hydrogens is 300 g/mol. The van der Waals surface area contributed by atoms with Gasteiger partial charge in [-0.2, -0.15) is 0 Å². The summed E-state index contributed by atoms with van der Waals surface area (Å²) in [6, 6.07) is 0.0679. The molecule has 0 saturated heterocycles. The number of anilines is 1. The third-order valence-corrected chi connectivity index (χ3v) is 6.33. The number of nitrogens with one attached hydrogen (secondary N) is 2. The molecule has 2 atom stereocenters. The molecule has 1 aromatic rings. The van der Waals surface area contributed by atoms with Gasteiger partial charge in [0.2, 0.25) is 5.13 Å². The summed E-state index contributed by atoms with van der Waals surface area (Å²) in [6.45, 7) is 2.78. The van der Waals surface area contributed by atoms with E-state index in [9.17, 15) is 4.79 Å². The predicted molar refractivity (Wildman–Crippen MR) is 84.1 cm³/mol. The zero-order valence-corrected chi connectivity index (χ0v) is 13.6. The number of carbonyl (C=O) groups excluding carboxylic acids is 1. The summed E-state index contributed by atoms with van der Waals surface area (Å²) in [5.41, 5.74) is 0.188. The summed E-state index contributed by atoms with van der Waals surface area (Å²) in [5, 5.41) is 15.8. The fourth-order valence-electron chi connectivity index (χ4n) is 3.71. The molecule has 120 valence electrons. The van der Waals surface area contributed by atoms with Gasteiger partial charge in [-0.3, -0.25) is 5.32 Å². The lowest BCUT2D eigenvalue weighted by Gasteiger charge is -2.60. The Morgan fingerprint density at radius 3 is 2.86 bits per heavy atom. The molecule has 3 saturated carbocycles. The van der Waals surface area contributed by atoms with Gasteiger partial charge in [-0.15, -0.1) is 10.2 Å². The van der Waals surface area contributed by atoms with Crippen molar-refractivity contribution in [1.82, 2.24) is 15.5 Å². The van der Waals surface area contributed by atoms with Crippen molar-refractivity contribution in [2.45, 2.75) is 63.5 Å². The first-order valence-electron chi connectivity index (χ1n) is 8.24. The quantitative estimate of drug-likeness (QED) is 0.874. The Balaban J connectivity index is 1.32. The lowest BCUT2D eigenvalue weighted by molar-refractivity contribution is -0.169. The van der Waals surface area contributed by atoms with Crippen LogP contribution in [0.2, 0.25) is 0 Å². The Bertz CT molecular complexity index is 568. The first-order chi connectivity index (χ1) is 10.7. The fourth-order valence-corrected chi connectivity index (χ4v) is 4.62. The van der Waals surface area contributed by atoms with Gasteiger partial charge < -0.3 is 10.1 Å². The van der Waals surface area contributed by atoms with Gasteiger partial charge in [-0.25, -0.2) is 4.79 Å². The topological polar surface area (TPSA) is 76.1 Å². The predicted octanol–water partition coefficient (Wildman–Crippen LogP) is 2.88. The van der Waals surface area contributed by atoms with Crippen molar-refractivity contribution in [2.75, 3.05) is 11.9 Å². The number of nitrogens with zero attached hydrogens (tertiary/aromatic N) is 2. The second-order valence-electron chi connectivity index (χ2n) is 6.64. The molecule has 6 nitrogen and oxygen atoms in total. The third-order valence-electron chi connectivity index (χ3n) is 5.33. The van der Waals surface area contributed by atoms with Gasteiger partial charge in [0.1, 0.15) is 5.01 Å². The van der Waals surface area contributed by atoms with Crippen LogP contribution in [0.4, 0.5) is 9.93 Å². The van der Waals surface area contributed by atoms with Crippen molar-refractivity contribution >= 4 is 22.5 Å². The van der Waals surface area contributed by atoms with E-state index in [2.05, 4.69) is 20.8 Å². The maximum atomic E-state index is 12.2. The normalized spacial score (nSPS) is 28.8. The molecule has 0 aromatic carbocycles. The van der Waals surface area contributed by atoms with E-state index in [1.54, 1.807) is 0 Å². The minimum atomic E-state index is -0.162. The highest BCUT2D eigenvalue weighted by molar-refractivity contribution is 7.15. The molecule has 3 fully saturated rings. The molecule has 0 bridgehead atoms. The van der Waals surface area contributed by atoms with Crippen molar-refractivity contribution < 1.29 is 9.53 Å². The lowest BCUT2D eigenvalue weighted by Crippen LogP contribution is -2.68. The first kappa shape index (κ1) is 14.4. The summed E-state index contributed by atoms with van der Waals surface area (Å²) in [7, 11) is 0. The number of carbonyl (C=O) groups is 1. The fraction of sp³-hybridized carbons (Fsp3) is 0.800. The molecule has 1 aromatic heterocycles. The van der Waals surface area contributed by atoms with Crippen molar-refractivity contribution in [3.8, 4) is 0 Å². The van der Waals surface area contributed by atoms with Crippen molar-refractivity contribution in [3.63, 3.8) is 0 Å². The Labute approximate surface area is 134 Å². The summed E-state index contributed by atoms with van der Waals surface area (Å²) in [4.78, 5) is 12.2. The number of hydrogen-bond acceptors (Lipinski definition) is 5. The second-order valence-corrected chi connectivity index (χ2v) is 7.65. The van der Waals surface area contributed by atoms with E-state index in [0.29, 0.717) is 17.2 Å². The van der Waals surface area contributed by atoms with E-state index in [0.717, 1.165) is 30.9 Å². The molecule has 1 spiro atoms. The van der Waals surface area contributed by atoms with Crippen molar-refractivity contribution in [2.24, 2.45) is 5.41 Å². The van der Waals surface area contributed by atoms with Crippen LogP contribution in [-0.2, 0) is 4.74 Å². The summed E-state index contributed by atoms with van der Waals surface area (Å²) in [5.74, 6) is 0.577. The largest absolute Gasteiger partial charge is 0.378 e. The van der Waals surface area contributed by atoms with E-state index in [-0.39, 0.29) is 17.5 Å². The van der Waals surface area contributed by atoms with Gasteiger partial charge in [0.25, 0.3) is 0 Å². The average molecular weight is 322 g/mol. The van der Waals surface area contributed by atoms with Crippen LogP contribution >= 0.6 is 11.3 Å². The zero-order valence-electron chi connectivity index (χ0n) is 12.8. The Kier molecular flexibility index (Phi) is 3.57. The van der Waals surface area contributed by atoms with Crippen LogP contribution in [0, 0.1) is 5.41 Å². The molecular formula is C15H22N4O2S. The monoisotopic (exact) mass is 322 g/mol. The van der Waals surface area contributed by atoms with Crippen molar-refractivity contribution in [3.05, 3.63) is 5.01 Å².